The lowest BCUT2D eigenvalue weighted by Crippen LogP contribution is -2.17. The van der Waals surface area contributed by atoms with Crippen LogP contribution >= 0.6 is 15.2 Å². The largest absolute Gasteiger partial charge is 0.331 e. The predicted octanol–water partition coefficient (Wildman–Crippen LogP) is 12.3. The Morgan fingerprint density at radius 1 is 0.405 bits per heavy atom. The quantitative estimate of drug-likeness (QED) is 0.0704. The van der Waals surface area contributed by atoms with Gasteiger partial charge in [0.15, 0.2) is 0 Å². The van der Waals surface area contributed by atoms with Crippen molar-refractivity contribution >= 4 is 15.2 Å². The Labute approximate surface area is 262 Å². The number of hydrogen-bond donors (Lipinski definition) is 0. The lowest BCUT2D eigenvalue weighted by molar-refractivity contribution is 0.145. The Morgan fingerprint density at radius 2 is 0.619 bits per heavy atom. The first kappa shape index (κ1) is 42.3. The van der Waals surface area contributed by atoms with Crippen LogP contribution in [0.15, 0.2) is 0 Å². The van der Waals surface area contributed by atoms with E-state index in [1.165, 1.54) is 0 Å². The first-order chi connectivity index (χ1) is 20.2. The van der Waals surface area contributed by atoms with Crippen LogP contribution in [0.25, 0.3) is 0 Å². The van der Waals surface area contributed by atoms with Crippen molar-refractivity contribution in [1.29, 1.82) is 0 Å². The minimum Gasteiger partial charge on any atom is -0.308 e. The molecule has 0 aliphatic carbocycles. The predicted molar refractivity (Wildman–Crippen MR) is 182 cm³/mol. The molecule has 6 nitrogen and oxygen atoms in total. The molecular formula is C34H72O6P2. The molecule has 8 heteroatoms. The van der Waals surface area contributed by atoms with Crippen molar-refractivity contribution < 1.29 is 27.2 Å². The molecule has 0 rings (SSSR count). The summed E-state index contributed by atoms with van der Waals surface area (Å²) in [4.78, 5) is 0. The first-order valence-corrected chi connectivity index (χ1v) is 21.4. The van der Waals surface area contributed by atoms with Crippen LogP contribution in [-0.4, -0.2) is 38.8 Å². The molecule has 0 amide bonds. The molecule has 0 aromatic heterocycles. The molecule has 0 heterocycles. The number of rotatable bonds is 31. The van der Waals surface area contributed by atoms with E-state index in [9.17, 15) is 9.13 Å². The van der Waals surface area contributed by atoms with E-state index in [-0.39, 0.29) is 12.3 Å². The third-order valence-corrected chi connectivity index (χ3v) is 12.9. The molecule has 42 heavy (non-hydrogen) atoms. The molecule has 0 saturated heterocycles. The van der Waals surface area contributed by atoms with E-state index in [0.29, 0.717) is 50.1 Å². The number of unbranched alkanes of at least 4 members (excludes halogenated alkanes) is 4. The van der Waals surface area contributed by atoms with E-state index in [1.807, 2.05) is 0 Å². The Bertz CT molecular complexity index is 598. The molecule has 4 atom stereocenters. The minimum absolute atomic E-state index is 0.0657. The van der Waals surface area contributed by atoms with Crippen molar-refractivity contribution in [2.24, 2.45) is 23.7 Å². The summed E-state index contributed by atoms with van der Waals surface area (Å²) >= 11 is 0. The highest BCUT2D eigenvalue weighted by Gasteiger charge is 2.35. The summed E-state index contributed by atoms with van der Waals surface area (Å²) in [5.41, 5.74) is 0. The van der Waals surface area contributed by atoms with Crippen molar-refractivity contribution in [3.63, 3.8) is 0 Å². The maximum Gasteiger partial charge on any atom is 0.331 e. The highest BCUT2D eigenvalue weighted by atomic mass is 31.2. The monoisotopic (exact) mass is 638 g/mol. The summed E-state index contributed by atoms with van der Waals surface area (Å²) in [5.74, 6) is 1.37. The van der Waals surface area contributed by atoms with Crippen molar-refractivity contribution in [2.75, 3.05) is 38.8 Å². The van der Waals surface area contributed by atoms with Crippen molar-refractivity contribution in [2.45, 2.75) is 158 Å². The highest BCUT2D eigenvalue weighted by molar-refractivity contribution is 7.58. The molecule has 0 aromatic rings. The normalized spacial score (nSPS) is 17.8. The van der Waals surface area contributed by atoms with Gasteiger partial charge in [-0.1, -0.05) is 132 Å². The second kappa shape index (κ2) is 26.5. The minimum atomic E-state index is -3.49. The van der Waals surface area contributed by atoms with E-state index in [2.05, 4.69) is 55.4 Å². The van der Waals surface area contributed by atoms with Gasteiger partial charge in [-0.15, -0.1) is 0 Å². The van der Waals surface area contributed by atoms with Gasteiger partial charge in [0.25, 0.3) is 0 Å². The molecule has 0 radical (unpaired) electrons. The smallest absolute Gasteiger partial charge is 0.308 e. The van der Waals surface area contributed by atoms with Gasteiger partial charge >= 0.3 is 15.2 Å². The highest BCUT2D eigenvalue weighted by Crippen LogP contribution is 2.57. The molecule has 0 bridgehead atoms. The van der Waals surface area contributed by atoms with E-state index in [1.54, 1.807) is 0 Å². The fourth-order valence-corrected chi connectivity index (χ4v) is 9.42. The third kappa shape index (κ3) is 20.4. The SMILES string of the molecule is CCCCC(CC)COP(=O)(CCP(=O)(OCC(CC)CCCC)OCC(CC)CCCC)OCC(CC)CCCC. The van der Waals surface area contributed by atoms with Crippen LogP contribution < -0.4 is 0 Å². The van der Waals surface area contributed by atoms with Crippen molar-refractivity contribution in [3.05, 3.63) is 0 Å². The van der Waals surface area contributed by atoms with Gasteiger partial charge in [-0.2, -0.15) is 0 Å². The average molecular weight is 639 g/mol. The van der Waals surface area contributed by atoms with Gasteiger partial charge in [0.2, 0.25) is 0 Å². The summed E-state index contributed by atoms with van der Waals surface area (Å²) < 4.78 is 53.2. The second-order valence-electron chi connectivity index (χ2n) is 12.5. The standard InChI is InChI=1S/C34H72O6P2/c1-9-17-21-31(13-5)27-37-41(35,38-28-32(14-6)22-18-10-2)25-26-42(36,39-29-33(15-7)23-19-11-3)40-30-34(16-8)24-20-12-4/h31-34H,9-30H2,1-8H3. The fraction of sp³-hybridized carbons (Fsp3) is 1.00. The van der Waals surface area contributed by atoms with Crippen LogP contribution in [0.2, 0.25) is 0 Å². The summed E-state index contributed by atoms with van der Waals surface area (Å²) in [7, 11) is -6.98. The van der Waals surface area contributed by atoms with Crippen LogP contribution in [0.5, 0.6) is 0 Å². The van der Waals surface area contributed by atoms with E-state index >= 15 is 0 Å². The van der Waals surface area contributed by atoms with Gasteiger partial charge in [0, 0.05) is 0 Å². The van der Waals surface area contributed by atoms with Gasteiger partial charge in [-0.3, -0.25) is 9.13 Å². The van der Waals surface area contributed by atoms with Gasteiger partial charge in [0.05, 0.1) is 38.8 Å². The second-order valence-corrected chi connectivity index (χ2v) is 16.9. The Morgan fingerprint density at radius 3 is 0.786 bits per heavy atom. The van der Waals surface area contributed by atoms with Crippen LogP contribution in [0.4, 0.5) is 0 Å². The zero-order valence-electron chi connectivity index (χ0n) is 29.2. The molecule has 0 fully saturated rings. The topological polar surface area (TPSA) is 71.1 Å². The third-order valence-electron chi connectivity index (χ3n) is 8.85. The van der Waals surface area contributed by atoms with E-state index < -0.39 is 15.2 Å². The van der Waals surface area contributed by atoms with Gasteiger partial charge in [-0.05, 0) is 49.4 Å². The summed E-state index contributed by atoms with van der Waals surface area (Å²) in [5, 5.41) is 0. The number of hydrogen-bond acceptors (Lipinski definition) is 6. The average Bonchev–Trinajstić information content (AvgIpc) is 3.00. The van der Waals surface area contributed by atoms with Gasteiger partial charge < -0.3 is 18.1 Å². The molecule has 0 aliphatic rings. The zero-order valence-corrected chi connectivity index (χ0v) is 31.0. The lowest BCUT2D eigenvalue weighted by Gasteiger charge is -2.27. The molecule has 0 saturated carbocycles. The van der Waals surface area contributed by atoms with Crippen LogP contribution in [0, 0.1) is 23.7 Å². The summed E-state index contributed by atoms with van der Waals surface area (Å²) in [6.07, 6.45) is 17.3. The van der Waals surface area contributed by atoms with Crippen LogP contribution in [0.1, 0.15) is 158 Å². The Hall–Kier alpha value is 0.300. The molecular weight excluding hydrogens is 566 g/mol. The van der Waals surface area contributed by atoms with Gasteiger partial charge in [0.1, 0.15) is 0 Å². The van der Waals surface area contributed by atoms with Gasteiger partial charge in [-0.25, -0.2) is 0 Å². The van der Waals surface area contributed by atoms with Crippen molar-refractivity contribution in [1.82, 2.24) is 0 Å². The molecule has 0 N–H and O–H groups in total. The first-order valence-electron chi connectivity index (χ1n) is 17.9. The molecule has 0 aromatic carbocycles. The fourth-order valence-electron chi connectivity index (χ4n) is 5.05. The maximum absolute atomic E-state index is 14.2. The summed E-state index contributed by atoms with van der Waals surface area (Å²) in [6.45, 7) is 19.1. The van der Waals surface area contributed by atoms with E-state index in [4.69, 9.17) is 18.1 Å². The molecule has 0 aliphatic heterocycles. The maximum atomic E-state index is 14.2. The van der Waals surface area contributed by atoms with E-state index in [0.717, 1.165) is 103 Å². The van der Waals surface area contributed by atoms with Crippen LogP contribution in [-0.2, 0) is 27.2 Å². The molecule has 4 unspecified atom stereocenters. The van der Waals surface area contributed by atoms with Crippen LogP contribution in [0.3, 0.4) is 0 Å². The summed E-state index contributed by atoms with van der Waals surface area (Å²) in [6, 6.07) is 0. The molecule has 0 spiro atoms. The lowest BCUT2D eigenvalue weighted by atomic mass is 10.0. The molecule has 254 valence electrons. The van der Waals surface area contributed by atoms with Crippen molar-refractivity contribution in [3.8, 4) is 0 Å². The Kier molecular flexibility index (Phi) is 26.7. The zero-order chi connectivity index (χ0) is 31.7. The Balaban J connectivity index is 5.79.